The van der Waals surface area contributed by atoms with Gasteiger partial charge in [-0.25, -0.2) is 4.79 Å². The summed E-state index contributed by atoms with van der Waals surface area (Å²) in [7, 11) is 1.80. The van der Waals surface area contributed by atoms with Gasteiger partial charge in [-0.3, -0.25) is 9.69 Å². The Balaban J connectivity index is 1.74. The van der Waals surface area contributed by atoms with Gasteiger partial charge in [-0.15, -0.1) is 0 Å². The minimum absolute atomic E-state index is 0.0659. The SMILES string of the molecule is CNCC(=O)N1CC[C@]2(C[C@@H]1c1ccccc1)CN(CC(C)C)C(=O)N2c1ccccc1. The Bertz CT molecular complexity index is 933. The second-order valence-corrected chi connectivity index (χ2v) is 9.45. The number of piperidine rings is 1. The molecule has 4 rings (SSSR count). The van der Waals surface area contributed by atoms with Crippen LogP contribution in [0.5, 0.6) is 0 Å². The molecule has 2 aromatic rings. The van der Waals surface area contributed by atoms with E-state index in [1.165, 1.54) is 0 Å². The quantitative estimate of drug-likeness (QED) is 0.750. The third-order valence-corrected chi connectivity index (χ3v) is 6.62. The van der Waals surface area contributed by atoms with E-state index >= 15 is 0 Å². The second kappa shape index (κ2) is 9.33. The first kappa shape index (κ1) is 22.3. The standard InChI is InChI=1S/C26H34N4O2/c1-20(2)18-28-19-26(30(25(28)32)22-12-8-5-9-13-22)14-15-29(24(31)17-27-3)23(16-26)21-10-6-4-7-11-21/h4-13,20,23,27H,14-19H2,1-3H3/t23-,26+/m1/s1. The van der Waals surface area contributed by atoms with Crippen LogP contribution in [0.15, 0.2) is 60.7 Å². The number of hydrogen-bond acceptors (Lipinski definition) is 3. The number of rotatable bonds is 6. The molecule has 6 heteroatoms. The second-order valence-electron chi connectivity index (χ2n) is 9.45. The average molecular weight is 435 g/mol. The van der Waals surface area contributed by atoms with Gasteiger partial charge in [-0.05, 0) is 43.5 Å². The van der Waals surface area contributed by atoms with Crippen LogP contribution in [-0.2, 0) is 4.79 Å². The molecule has 2 aromatic carbocycles. The molecule has 2 aliphatic rings. The van der Waals surface area contributed by atoms with E-state index in [2.05, 4.69) is 31.3 Å². The summed E-state index contributed by atoms with van der Waals surface area (Å²) in [6.45, 7) is 6.68. The number of benzene rings is 2. The molecule has 0 aromatic heterocycles. The normalized spacial score (nSPS) is 23.4. The van der Waals surface area contributed by atoms with Gasteiger partial charge >= 0.3 is 6.03 Å². The van der Waals surface area contributed by atoms with Crippen LogP contribution in [0.3, 0.4) is 0 Å². The fourth-order valence-corrected chi connectivity index (χ4v) is 5.31. The summed E-state index contributed by atoms with van der Waals surface area (Å²) in [6, 6.07) is 20.3. The molecule has 0 radical (unpaired) electrons. The summed E-state index contributed by atoms with van der Waals surface area (Å²) in [6.07, 6.45) is 1.49. The van der Waals surface area contributed by atoms with Crippen molar-refractivity contribution in [1.82, 2.24) is 15.1 Å². The average Bonchev–Trinajstić information content (AvgIpc) is 3.04. The molecule has 2 heterocycles. The molecule has 170 valence electrons. The number of amides is 3. The van der Waals surface area contributed by atoms with Gasteiger partial charge in [0.25, 0.3) is 0 Å². The minimum atomic E-state index is -0.343. The van der Waals surface area contributed by atoms with Crippen molar-refractivity contribution in [2.24, 2.45) is 5.92 Å². The van der Waals surface area contributed by atoms with Gasteiger partial charge in [0.15, 0.2) is 0 Å². The Morgan fingerprint density at radius 2 is 1.75 bits per heavy atom. The number of para-hydroxylation sites is 1. The lowest BCUT2D eigenvalue weighted by Crippen LogP contribution is -2.57. The number of likely N-dealkylation sites (tertiary alicyclic amines) is 1. The Morgan fingerprint density at radius 3 is 2.38 bits per heavy atom. The Hall–Kier alpha value is -2.86. The minimum Gasteiger partial charge on any atom is -0.334 e. The lowest BCUT2D eigenvalue weighted by Gasteiger charge is -2.48. The topological polar surface area (TPSA) is 55.9 Å². The van der Waals surface area contributed by atoms with Crippen molar-refractivity contribution >= 4 is 17.6 Å². The first-order chi connectivity index (χ1) is 15.4. The summed E-state index contributed by atoms with van der Waals surface area (Å²) >= 11 is 0. The van der Waals surface area contributed by atoms with E-state index in [1.807, 2.05) is 63.2 Å². The third-order valence-electron chi connectivity index (χ3n) is 6.62. The summed E-state index contributed by atoms with van der Waals surface area (Å²) in [5, 5.41) is 3.00. The summed E-state index contributed by atoms with van der Waals surface area (Å²) < 4.78 is 0. The number of anilines is 1. The lowest BCUT2D eigenvalue weighted by atomic mass is 9.79. The highest BCUT2D eigenvalue weighted by Crippen LogP contribution is 2.45. The number of carbonyl (C=O) groups is 2. The first-order valence-electron chi connectivity index (χ1n) is 11.6. The van der Waals surface area contributed by atoms with E-state index in [4.69, 9.17) is 0 Å². The summed E-state index contributed by atoms with van der Waals surface area (Å²) in [5.41, 5.74) is 1.72. The molecule has 0 unspecified atom stereocenters. The molecule has 1 N–H and O–H groups in total. The van der Waals surface area contributed by atoms with Gasteiger partial charge in [0, 0.05) is 25.3 Å². The maximum Gasteiger partial charge on any atom is 0.325 e. The number of nitrogens with zero attached hydrogens (tertiary/aromatic N) is 3. The van der Waals surface area contributed by atoms with E-state index < -0.39 is 0 Å². The van der Waals surface area contributed by atoms with Crippen LogP contribution in [0, 0.1) is 5.92 Å². The molecule has 0 aliphatic carbocycles. The van der Waals surface area contributed by atoms with E-state index in [9.17, 15) is 9.59 Å². The Kier molecular flexibility index (Phi) is 6.51. The van der Waals surface area contributed by atoms with E-state index in [1.54, 1.807) is 7.05 Å². The number of hydrogen-bond donors (Lipinski definition) is 1. The molecular weight excluding hydrogens is 400 g/mol. The van der Waals surface area contributed by atoms with E-state index in [0.717, 1.165) is 30.6 Å². The van der Waals surface area contributed by atoms with Gasteiger partial charge in [0.1, 0.15) is 0 Å². The van der Waals surface area contributed by atoms with Gasteiger partial charge in [0.2, 0.25) is 5.91 Å². The molecule has 1 spiro atoms. The molecule has 3 amide bonds. The largest absolute Gasteiger partial charge is 0.334 e. The molecule has 6 nitrogen and oxygen atoms in total. The highest BCUT2D eigenvalue weighted by Gasteiger charge is 2.54. The number of likely N-dealkylation sites (N-methyl/N-ethyl adjacent to an activating group) is 1. The van der Waals surface area contributed by atoms with Gasteiger partial charge in [-0.1, -0.05) is 62.4 Å². The predicted octanol–water partition coefficient (Wildman–Crippen LogP) is 3.91. The van der Waals surface area contributed by atoms with Crippen LogP contribution >= 0.6 is 0 Å². The van der Waals surface area contributed by atoms with Crippen molar-refractivity contribution in [3.05, 3.63) is 66.2 Å². The fourth-order valence-electron chi connectivity index (χ4n) is 5.31. The van der Waals surface area contributed by atoms with Crippen molar-refractivity contribution in [3.8, 4) is 0 Å². The van der Waals surface area contributed by atoms with Gasteiger partial charge < -0.3 is 15.1 Å². The maximum absolute atomic E-state index is 13.6. The van der Waals surface area contributed by atoms with Crippen LogP contribution in [0.4, 0.5) is 10.5 Å². The van der Waals surface area contributed by atoms with Crippen molar-refractivity contribution in [3.63, 3.8) is 0 Å². The van der Waals surface area contributed by atoms with E-state index in [0.29, 0.717) is 25.6 Å². The summed E-state index contributed by atoms with van der Waals surface area (Å²) in [4.78, 5) is 32.6. The van der Waals surface area contributed by atoms with Crippen LogP contribution in [-0.4, -0.2) is 60.5 Å². The maximum atomic E-state index is 13.6. The zero-order chi connectivity index (χ0) is 22.7. The molecule has 2 aliphatic heterocycles. The van der Waals surface area contributed by atoms with Crippen molar-refractivity contribution in [2.75, 3.05) is 38.1 Å². The molecule has 2 saturated heterocycles. The number of nitrogens with one attached hydrogen (secondary N) is 1. The molecule has 2 atom stereocenters. The van der Waals surface area contributed by atoms with Crippen molar-refractivity contribution in [2.45, 2.75) is 38.3 Å². The van der Waals surface area contributed by atoms with Crippen molar-refractivity contribution in [1.29, 1.82) is 0 Å². The summed E-state index contributed by atoms with van der Waals surface area (Å²) in [5.74, 6) is 0.500. The molecule has 32 heavy (non-hydrogen) atoms. The Morgan fingerprint density at radius 1 is 1.09 bits per heavy atom. The van der Waals surface area contributed by atoms with Crippen LogP contribution in [0.2, 0.25) is 0 Å². The smallest absolute Gasteiger partial charge is 0.325 e. The van der Waals surface area contributed by atoms with Crippen molar-refractivity contribution < 1.29 is 9.59 Å². The molecule has 0 saturated carbocycles. The number of urea groups is 1. The first-order valence-corrected chi connectivity index (χ1v) is 11.6. The monoisotopic (exact) mass is 434 g/mol. The van der Waals surface area contributed by atoms with E-state index in [-0.39, 0.29) is 23.5 Å². The highest BCUT2D eigenvalue weighted by molar-refractivity contribution is 5.96. The molecule has 0 bridgehead atoms. The van der Waals surface area contributed by atoms with Gasteiger partial charge in [0.05, 0.1) is 18.1 Å². The molecule has 2 fully saturated rings. The highest BCUT2D eigenvalue weighted by atomic mass is 16.2. The third kappa shape index (κ3) is 4.24. The number of carbonyl (C=O) groups excluding carboxylic acids is 2. The van der Waals surface area contributed by atoms with Gasteiger partial charge in [-0.2, -0.15) is 0 Å². The van der Waals surface area contributed by atoms with Crippen LogP contribution < -0.4 is 10.2 Å². The Labute approximate surface area is 191 Å². The lowest BCUT2D eigenvalue weighted by molar-refractivity contribution is -0.135. The fraction of sp³-hybridized carbons (Fsp3) is 0.462. The molecular formula is C26H34N4O2. The zero-order valence-electron chi connectivity index (χ0n) is 19.3. The van der Waals surface area contributed by atoms with Crippen LogP contribution in [0.25, 0.3) is 0 Å². The zero-order valence-corrected chi connectivity index (χ0v) is 19.3. The predicted molar refractivity (Wildman–Crippen MR) is 128 cm³/mol. The van der Waals surface area contributed by atoms with Crippen LogP contribution in [0.1, 0.15) is 38.3 Å².